The van der Waals surface area contributed by atoms with Gasteiger partial charge in [0.25, 0.3) is 0 Å². The largest absolute Gasteiger partial charge is 0.497 e. The van der Waals surface area contributed by atoms with E-state index < -0.39 is 11.8 Å². The summed E-state index contributed by atoms with van der Waals surface area (Å²) in [5.74, 6) is -0.397. The highest BCUT2D eigenvalue weighted by atomic mass is 16.5. The second-order valence-electron chi connectivity index (χ2n) is 5.72. The van der Waals surface area contributed by atoms with Gasteiger partial charge >= 0.3 is 11.8 Å². The van der Waals surface area contributed by atoms with Gasteiger partial charge in [-0.3, -0.25) is 9.59 Å². The van der Waals surface area contributed by atoms with Gasteiger partial charge in [-0.05, 0) is 37.0 Å². The van der Waals surface area contributed by atoms with Crippen LogP contribution in [0.25, 0.3) is 0 Å². The predicted molar refractivity (Wildman–Crippen MR) is 101 cm³/mol. The molecule has 0 saturated heterocycles. The number of benzene rings is 2. The minimum Gasteiger partial charge on any atom is -0.497 e. The van der Waals surface area contributed by atoms with Crippen LogP contribution in [0.3, 0.4) is 0 Å². The van der Waals surface area contributed by atoms with Crippen LogP contribution >= 0.6 is 0 Å². The van der Waals surface area contributed by atoms with Gasteiger partial charge in [0.2, 0.25) is 0 Å². The lowest BCUT2D eigenvalue weighted by Gasteiger charge is -2.11. The first-order valence-corrected chi connectivity index (χ1v) is 8.49. The molecule has 2 aromatic carbocycles. The Morgan fingerprint density at radius 3 is 2.38 bits per heavy atom. The van der Waals surface area contributed by atoms with Crippen LogP contribution in [0.15, 0.2) is 48.5 Å². The van der Waals surface area contributed by atoms with E-state index >= 15 is 0 Å². The van der Waals surface area contributed by atoms with Gasteiger partial charge in [-0.25, -0.2) is 0 Å². The quantitative estimate of drug-likeness (QED) is 0.563. The Balaban J connectivity index is 1.76. The van der Waals surface area contributed by atoms with Crippen molar-refractivity contribution in [2.45, 2.75) is 19.3 Å². The van der Waals surface area contributed by atoms with E-state index in [9.17, 15) is 9.59 Å². The van der Waals surface area contributed by atoms with E-state index in [1.807, 2.05) is 18.2 Å². The minimum absolute atomic E-state index is 0.385. The van der Waals surface area contributed by atoms with Crippen molar-refractivity contribution < 1.29 is 19.1 Å². The van der Waals surface area contributed by atoms with Gasteiger partial charge in [0, 0.05) is 12.6 Å². The number of carbonyl (C=O) groups excluding carboxylic acids is 2. The van der Waals surface area contributed by atoms with Crippen molar-refractivity contribution in [3.63, 3.8) is 0 Å². The molecule has 0 saturated carbocycles. The fraction of sp³-hybridized carbons (Fsp3) is 0.300. The van der Waals surface area contributed by atoms with E-state index in [0.717, 1.165) is 19.3 Å². The maximum atomic E-state index is 12.0. The second-order valence-corrected chi connectivity index (χ2v) is 5.72. The number of unbranched alkanes of at least 4 members (excludes halogenated alkanes) is 1. The molecule has 0 heterocycles. The number of ether oxygens (including phenoxy) is 2. The molecule has 0 spiro atoms. The number of hydrogen-bond donors (Lipinski definition) is 2. The molecule has 0 aromatic heterocycles. The highest BCUT2D eigenvalue weighted by Crippen LogP contribution is 2.28. The molecule has 26 heavy (non-hydrogen) atoms. The van der Waals surface area contributed by atoms with Gasteiger partial charge in [-0.1, -0.05) is 30.3 Å². The number of methoxy groups -OCH3 is 2. The standard InChI is InChI=1S/C20H24N2O4/c1-25-16-11-12-18(26-2)17(14-16)22-20(24)19(23)21-13-7-6-10-15-8-4-3-5-9-15/h3-5,8-9,11-12,14H,6-7,10,13H2,1-2H3,(H,21,23)(H,22,24). The predicted octanol–water partition coefficient (Wildman–Crippen LogP) is 2.78. The van der Waals surface area contributed by atoms with Crippen LogP contribution in [0.2, 0.25) is 0 Å². The second kappa shape index (κ2) is 10.1. The van der Waals surface area contributed by atoms with E-state index in [1.165, 1.54) is 19.8 Å². The van der Waals surface area contributed by atoms with Crippen molar-refractivity contribution >= 4 is 17.5 Å². The van der Waals surface area contributed by atoms with E-state index in [1.54, 1.807) is 18.2 Å². The SMILES string of the molecule is COc1ccc(OC)c(NC(=O)C(=O)NCCCCc2ccccc2)c1. The van der Waals surface area contributed by atoms with Gasteiger partial charge in [-0.2, -0.15) is 0 Å². The lowest BCUT2D eigenvalue weighted by Crippen LogP contribution is -2.36. The molecule has 0 radical (unpaired) electrons. The number of anilines is 1. The number of hydrogen-bond acceptors (Lipinski definition) is 4. The Kier molecular flexibility index (Phi) is 7.49. The Morgan fingerprint density at radius 2 is 1.69 bits per heavy atom. The van der Waals surface area contributed by atoms with Crippen LogP contribution in [0, 0.1) is 0 Å². The molecule has 0 aliphatic carbocycles. The summed E-state index contributed by atoms with van der Waals surface area (Å²) in [6, 6.07) is 15.1. The van der Waals surface area contributed by atoms with E-state index in [4.69, 9.17) is 9.47 Å². The number of rotatable bonds is 8. The highest BCUT2D eigenvalue weighted by molar-refractivity contribution is 6.39. The Bertz CT molecular complexity index is 732. The maximum Gasteiger partial charge on any atom is 0.313 e. The van der Waals surface area contributed by atoms with E-state index in [-0.39, 0.29) is 0 Å². The van der Waals surface area contributed by atoms with Crippen molar-refractivity contribution in [1.82, 2.24) is 5.32 Å². The van der Waals surface area contributed by atoms with Gasteiger partial charge in [0.05, 0.1) is 19.9 Å². The molecule has 138 valence electrons. The Hall–Kier alpha value is -3.02. The van der Waals surface area contributed by atoms with Crippen molar-refractivity contribution in [2.75, 3.05) is 26.1 Å². The number of aryl methyl sites for hydroxylation is 1. The molecule has 0 atom stereocenters. The lowest BCUT2D eigenvalue weighted by molar-refractivity contribution is -0.136. The van der Waals surface area contributed by atoms with Crippen LogP contribution in [0.1, 0.15) is 18.4 Å². The zero-order valence-electron chi connectivity index (χ0n) is 15.1. The number of nitrogens with one attached hydrogen (secondary N) is 2. The molecule has 0 bridgehead atoms. The van der Waals surface area contributed by atoms with Crippen molar-refractivity contribution in [3.8, 4) is 11.5 Å². The summed E-state index contributed by atoms with van der Waals surface area (Å²) in [6.07, 6.45) is 2.69. The van der Waals surface area contributed by atoms with Crippen LogP contribution < -0.4 is 20.1 Å². The van der Waals surface area contributed by atoms with Crippen LogP contribution in [-0.2, 0) is 16.0 Å². The first-order valence-electron chi connectivity index (χ1n) is 8.49. The molecule has 0 aliphatic rings. The average Bonchev–Trinajstić information content (AvgIpc) is 2.68. The van der Waals surface area contributed by atoms with Gasteiger partial charge in [0.1, 0.15) is 11.5 Å². The summed E-state index contributed by atoms with van der Waals surface area (Å²) in [6.45, 7) is 0.453. The van der Waals surface area contributed by atoms with Gasteiger partial charge < -0.3 is 20.1 Å². The van der Waals surface area contributed by atoms with E-state index in [2.05, 4.69) is 22.8 Å². The first-order chi connectivity index (χ1) is 12.6. The Labute approximate surface area is 153 Å². The topological polar surface area (TPSA) is 76.7 Å². The molecule has 6 heteroatoms. The molecule has 0 unspecified atom stereocenters. The molecular formula is C20H24N2O4. The molecule has 0 fully saturated rings. The summed E-state index contributed by atoms with van der Waals surface area (Å²) < 4.78 is 10.3. The summed E-state index contributed by atoms with van der Waals surface area (Å²) >= 11 is 0. The Morgan fingerprint density at radius 1 is 0.923 bits per heavy atom. The fourth-order valence-electron chi connectivity index (χ4n) is 2.47. The van der Waals surface area contributed by atoms with Gasteiger partial charge in [-0.15, -0.1) is 0 Å². The number of amides is 2. The normalized spacial score (nSPS) is 10.1. The van der Waals surface area contributed by atoms with Crippen LogP contribution in [0.4, 0.5) is 5.69 Å². The third-order valence-electron chi connectivity index (χ3n) is 3.88. The van der Waals surface area contributed by atoms with Crippen LogP contribution in [0.5, 0.6) is 11.5 Å². The molecule has 2 rings (SSSR count). The van der Waals surface area contributed by atoms with Crippen LogP contribution in [-0.4, -0.2) is 32.6 Å². The van der Waals surface area contributed by atoms with Gasteiger partial charge in [0.15, 0.2) is 0 Å². The van der Waals surface area contributed by atoms with Crippen molar-refractivity contribution in [3.05, 3.63) is 54.1 Å². The smallest absolute Gasteiger partial charge is 0.313 e. The zero-order chi connectivity index (χ0) is 18.8. The summed E-state index contributed by atoms with van der Waals surface area (Å²) in [4.78, 5) is 24.0. The van der Waals surface area contributed by atoms with Crippen molar-refractivity contribution in [1.29, 1.82) is 0 Å². The molecule has 2 amide bonds. The first kappa shape index (κ1) is 19.3. The molecule has 2 N–H and O–H groups in total. The molecule has 6 nitrogen and oxygen atoms in total. The molecular weight excluding hydrogens is 332 g/mol. The zero-order valence-corrected chi connectivity index (χ0v) is 15.1. The summed E-state index contributed by atoms with van der Waals surface area (Å²) in [5, 5.41) is 5.18. The number of carbonyl (C=O) groups is 2. The fourth-order valence-corrected chi connectivity index (χ4v) is 2.47. The minimum atomic E-state index is -0.736. The monoisotopic (exact) mass is 356 g/mol. The average molecular weight is 356 g/mol. The highest BCUT2D eigenvalue weighted by Gasteiger charge is 2.16. The molecule has 0 aliphatic heterocycles. The maximum absolute atomic E-state index is 12.0. The third-order valence-corrected chi connectivity index (χ3v) is 3.88. The third kappa shape index (κ3) is 5.81. The summed E-state index contributed by atoms with van der Waals surface area (Å²) in [5.41, 5.74) is 1.65. The van der Waals surface area contributed by atoms with E-state index in [0.29, 0.717) is 23.7 Å². The van der Waals surface area contributed by atoms with Crippen molar-refractivity contribution in [2.24, 2.45) is 0 Å². The molecule has 2 aromatic rings. The summed E-state index contributed by atoms with van der Waals surface area (Å²) in [7, 11) is 3.01. The lowest BCUT2D eigenvalue weighted by atomic mass is 10.1.